The smallest absolute Gasteiger partial charge is 0.0763 e. The minimum atomic E-state index is 0.0982. The summed E-state index contributed by atoms with van der Waals surface area (Å²) in [5, 5.41) is 0. The van der Waals surface area contributed by atoms with Gasteiger partial charge in [0.05, 0.1) is 23.0 Å². The Balaban J connectivity index is 2.02. The SMILES string of the molecule is c1ccc(C2c3cccnc3-c3cccnc32)nc1. The number of pyridine rings is 3. The second-order valence-corrected chi connectivity index (χ2v) is 4.57. The third-order valence-electron chi connectivity index (χ3n) is 3.50. The van der Waals surface area contributed by atoms with E-state index in [1.165, 1.54) is 5.56 Å². The van der Waals surface area contributed by atoms with Crippen molar-refractivity contribution in [2.45, 2.75) is 5.92 Å². The Bertz CT molecular complexity index is 692. The zero-order valence-corrected chi connectivity index (χ0v) is 10.2. The average Bonchev–Trinajstić information content (AvgIpc) is 2.83. The number of rotatable bonds is 1. The van der Waals surface area contributed by atoms with Crippen LogP contribution >= 0.6 is 0 Å². The minimum absolute atomic E-state index is 0.0982. The van der Waals surface area contributed by atoms with Crippen molar-refractivity contribution in [3.63, 3.8) is 0 Å². The second kappa shape index (κ2) is 3.99. The van der Waals surface area contributed by atoms with Gasteiger partial charge in [0, 0.05) is 24.2 Å². The zero-order chi connectivity index (χ0) is 12.7. The van der Waals surface area contributed by atoms with E-state index in [9.17, 15) is 0 Å². The van der Waals surface area contributed by atoms with Crippen LogP contribution in [0.5, 0.6) is 0 Å². The molecule has 1 aliphatic carbocycles. The molecule has 1 atom stereocenters. The fraction of sp³-hybridized carbons (Fsp3) is 0.0625. The van der Waals surface area contributed by atoms with Gasteiger partial charge in [-0.3, -0.25) is 15.0 Å². The van der Waals surface area contributed by atoms with Crippen LogP contribution < -0.4 is 0 Å². The number of hydrogen-bond donors (Lipinski definition) is 0. The van der Waals surface area contributed by atoms with Crippen molar-refractivity contribution in [3.8, 4) is 11.3 Å². The Morgan fingerprint density at radius 3 is 2.47 bits per heavy atom. The number of nitrogens with zero attached hydrogens (tertiary/aromatic N) is 3. The summed E-state index contributed by atoms with van der Waals surface area (Å²) in [5.74, 6) is 0.0982. The van der Waals surface area contributed by atoms with Gasteiger partial charge in [0.2, 0.25) is 0 Å². The van der Waals surface area contributed by atoms with Crippen LogP contribution in [0.1, 0.15) is 22.9 Å². The summed E-state index contributed by atoms with van der Waals surface area (Å²) in [6.45, 7) is 0. The van der Waals surface area contributed by atoms with Crippen LogP contribution in [0.25, 0.3) is 11.3 Å². The van der Waals surface area contributed by atoms with Crippen molar-refractivity contribution >= 4 is 0 Å². The molecule has 0 fully saturated rings. The van der Waals surface area contributed by atoms with Crippen LogP contribution in [0.3, 0.4) is 0 Å². The first-order valence-electron chi connectivity index (χ1n) is 6.26. The third kappa shape index (κ3) is 1.48. The van der Waals surface area contributed by atoms with Crippen molar-refractivity contribution in [2.24, 2.45) is 0 Å². The van der Waals surface area contributed by atoms with E-state index < -0.39 is 0 Å². The molecule has 3 heterocycles. The molecule has 3 aromatic rings. The number of aromatic nitrogens is 3. The molecule has 90 valence electrons. The first-order chi connectivity index (χ1) is 9.45. The van der Waals surface area contributed by atoms with E-state index in [4.69, 9.17) is 0 Å². The van der Waals surface area contributed by atoms with Gasteiger partial charge >= 0.3 is 0 Å². The quantitative estimate of drug-likeness (QED) is 0.517. The van der Waals surface area contributed by atoms with E-state index in [0.717, 1.165) is 22.6 Å². The summed E-state index contributed by atoms with van der Waals surface area (Å²) < 4.78 is 0. The lowest BCUT2D eigenvalue weighted by Crippen LogP contribution is -2.03. The lowest BCUT2D eigenvalue weighted by Gasteiger charge is -2.11. The van der Waals surface area contributed by atoms with Gasteiger partial charge in [0.15, 0.2) is 0 Å². The molecule has 0 aliphatic heterocycles. The zero-order valence-electron chi connectivity index (χ0n) is 10.2. The molecule has 0 saturated heterocycles. The predicted molar refractivity (Wildman–Crippen MR) is 72.7 cm³/mol. The molecule has 0 aromatic carbocycles. The van der Waals surface area contributed by atoms with Gasteiger partial charge in [-0.25, -0.2) is 0 Å². The number of fused-ring (bicyclic) bond motifs is 3. The van der Waals surface area contributed by atoms with Gasteiger partial charge in [-0.05, 0) is 35.9 Å². The van der Waals surface area contributed by atoms with Crippen molar-refractivity contribution < 1.29 is 0 Å². The van der Waals surface area contributed by atoms with Gasteiger partial charge in [-0.1, -0.05) is 12.1 Å². The molecule has 4 rings (SSSR count). The Morgan fingerprint density at radius 2 is 1.58 bits per heavy atom. The maximum Gasteiger partial charge on any atom is 0.0763 e. The van der Waals surface area contributed by atoms with Crippen LogP contribution in [-0.2, 0) is 0 Å². The van der Waals surface area contributed by atoms with Gasteiger partial charge in [-0.2, -0.15) is 0 Å². The lowest BCUT2D eigenvalue weighted by molar-refractivity contribution is 0.902. The van der Waals surface area contributed by atoms with Gasteiger partial charge < -0.3 is 0 Å². The van der Waals surface area contributed by atoms with Crippen LogP contribution in [-0.4, -0.2) is 15.0 Å². The lowest BCUT2D eigenvalue weighted by atomic mass is 9.97. The standard InChI is InChI=1S/C16H11N3/c1-2-8-17-13(7-1)14-11-5-3-9-18-15(11)12-6-4-10-19-16(12)14/h1-10,14H. The largest absolute Gasteiger partial charge is 0.260 e. The van der Waals surface area contributed by atoms with Crippen molar-refractivity contribution in [2.75, 3.05) is 0 Å². The molecule has 0 spiro atoms. The van der Waals surface area contributed by atoms with Crippen LogP contribution in [0.2, 0.25) is 0 Å². The Kier molecular flexibility index (Phi) is 2.18. The molecule has 0 radical (unpaired) electrons. The van der Waals surface area contributed by atoms with E-state index >= 15 is 0 Å². The van der Waals surface area contributed by atoms with E-state index in [1.54, 1.807) is 0 Å². The average molecular weight is 245 g/mol. The summed E-state index contributed by atoms with van der Waals surface area (Å²) in [6.07, 6.45) is 5.49. The summed E-state index contributed by atoms with van der Waals surface area (Å²) in [6, 6.07) is 14.1. The molecule has 0 N–H and O–H groups in total. The molecule has 0 saturated carbocycles. The highest BCUT2D eigenvalue weighted by Gasteiger charge is 2.32. The first kappa shape index (κ1) is 10.4. The van der Waals surface area contributed by atoms with Crippen molar-refractivity contribution in [1.29, 1.82) is 0 Å². The normalized spacial score (nSPS) is 15.9. The van der Waals surface area contributed by atoms with Gasteiger partial charge in [-0.15, -0.1) is 0 Å². The predicted octanol–water partition coefficient (Wildman–Crippen LogP) is 3.03. The van der Waals surface area contributed by atoms with E-state index in [-0.39, 0.29) is 5.92 Å². The molecule has 19 heavy (non-hydrogen) atoms. The fourth-order valence-corrected chi connectivity index (χ4v) is 2.72. The summed E-state index contributed by atoms with van der Waals surface area (Å²) >= 11 is 0. The third-order valence-corrected chi connectivity index (χ3v) is 3.50. The minimum Gasteiger partial charge on any atom is -0.260 e. The highest BCUT2D eigenvalue weighted by Crippen LogP contribution is 2.44. The van der Waals surface area contributed by atoms with Gasteiger partial charge in [0.1, 0.15) is 0 Å². The maximum absolute atomic E-state index is 4.55. The van der Waals surface area contributed by atoms with E-state index in [1.807, 2.05) is 48.9 Å². The maximum atomic E-state index is 4.55. The molecular formula is C16H11N3. The molecule has 0 amide bonds. The van der Waals surface area contributed by atoms with Crippen molar-refractivity contribution in [3.05, 3.63) is 78.0 Å². The van der Waals surface area contributed by atoms with Gasteiger partial charge in [0.25, 0.3) is 0 Å². The molecule has 1 aliphatic rings. The molecular weight excluding hydrogens is 234 g/mol. The summed E-state index contributed by atoms with van der Waals surface area (Å²) in [5.41, 5.74) is 5.41. The molecule has 3 nitrogen and oxygen atoms in total. The highest BCUT2D eigenvalue weighted by molar-refractivity contribution is 5.75. The Hall–Kier alpha value is -2.55. The molecule has 3 aromatic heterocycles. The first-order valence-corrected chi connectivity index (χ1v) is 6.26. The monoisotopic (exact) mass is 245 g/mol. The van der Waals surface area contributed by atoms with E-state index in [0.29, 0.717) is 0 Å². The summed E-state index contributed by atoms with van der Waals surface area (Å²) in [4.78, 5) is 13.6. The highest BCUT2D eigenvalue weighted by atomic mass is 14.8. The molecule has 1 unspecified atom stereocenters. The Morgan fingerprint density at radius 1 is 0.737 bits per heavy atom. The molecule has 0 bridgehead atoms. The van der Waals surface area contributed by atoms with Crippen LogP contribution in [0.15, 0.2) is 61.1 Å². The fourth-order valence-electron chi connectivity index (χ4n) is 2.72. The van der Waals surface area contributed by atoms with Crippen molar-refractivity contribution in [1.82, 2.24) is 15.0 Å². The van der Waals surface area contributed by atoms with E-state index in [2.05, 4.69) is 27.1 Å². The number of hydrogen-bond acceptors (Lipinski definition) is 3. The molecule has 3 heteroatoms. The van der Waals surface area contributed by atoms with Crippen LogP contribution in [0, 0.1) is 0 Å². The Labute approximate surface area is 111 Å². The van der Waals surface area contributed by atoms with Crippen LogP contribution in [0.4, 0.5) is 0 Å². The topological polar surface area (TPSA) is 38.7 Å². The summed E-state index contributed by atoms with van der Waals surface area (Å²) in [7, 11) is 0. The second-order valence-electron chi connectivity index (χ2n) is 4.57.